The number of thiophene rings is 1. The number of nitrogens with zero attached hydrogens (tertiary/aromatic N) is 1. The molecule has 8 heteroatoms. The van der Waals surface area contributed by atoms with E-state index in [1.165, 1.54) is 16.9 Å². The Balaban J connectivity index is 1.73. The first-order valence-electron chi connectivity index (χ1n) is 8.84. The van der Waals surface area contributed by atoms with Crippen LogP contribution in [0.5, 0.6) is 0 Å². The van der Waals surface area contributed by atoms with Crippen molar-refractivity contribution in [2.24, 2.45) is 5.92 Å². The Morgan fingerprint density at radius 3 is 2.80 bits per heavy atom. The number of rotatable bonds is 3. The van der Waals surface area contributed by atoms with Gasteiger partial charge in [-0.3, -0.25) is 5.43 Å². The zero-order chi connectivity index (χ0) is 18.0. The van der Waals surface area contributed by atoms with Crippen molar-refractivity contribution in [3.05, 3.63) is 16.0 Å². The molecular formula is C17H27N4O2S2+. The number of quaternary nitrogens is 1. The number of esters is 1. The second kappa shape index (κ2) is 7.99. The van der Waals surface area contributed by atoms with Gasteiger partial charge >= 0.3 is 5.97 Å². The monoisotopic (exact) mass is 383 g/mol. The normalized spacial score (nSPS) is 21.5. The van der Waals surface area contributed by atoms with Crippen molar-refractivity contribution in [1.29, 1.82) is 0 Å². The van der Waals surface area contributed by atoms with Crippen molar-refractivity contribution >= 4 is 39.6 Å². The second-order valence-corrected chi connectivity index (χ2v) is 8.57. The van der Waals surface area contributed by atoms with Crippen molar-refractivity contribution in [2.45, 2.75) is 26.2 Å². The molecule has 0 amide bonds. The first kappa shape index (κ1) is 18.6. The Hall–Kier alpha value is -1.22. The molecule has 2 aliphatic rings. The molecule has 6 nitrogen and oxygen atoms in total. The van der Waals surface area contributed by atoms with E-state index >= 15 is 0 Å². The van der Waals surface area contributed by atoms with E-state index in [-0.39, 0.29) is 5.97 Å². The predicted molar refractivity (Wildman–Crippen MR) is 104 cm³/mol. The number of methoxy groups -OCH3 is 1. The molecule has 1 atom stereocenters. The number of fused-ring (bicyclic) bond motifs is 1. The van der Waals surface area contributed by atoms with E-state index in [1.54, 1.807) is 11.3 Å². The van der Waals surface area contributed by atoms with Crippen LogP contribution >= 0.6 is 23.6 Å². The molecule has 0 unspecified atom stereocenters. The molecule has 1 aliphatic heterocycles. The molecule has 1 aliphatic carbocycles. The van der Waals surface area contributed by atoms with Gasteiger partial charge in [-0.15, -0.1) is 11.3 Å². The fourth-order valence-corrected chi connectivity index (χ4v) is 5.13. The summed E-state index contributed by atoms with van der Waals surface area (Å²) in [7, 11) is 3.64. The van der Waals surface area contributed by atoms with Crippen LogP contribution in [0.15, 0.2) is 0 Å². The highest BCUT2D eigenvalue weighted by atomic mass is 32.1. The topological polar surface area (TPSA) is 58.0 Å². The van der Waals surface area contributed by atoms with E-state index in [4.69, 9.17) is 17.0 Å². The third-order valence-electron chi connectivity index (χ3n) is 5.00. The van der Waals surface area contributed by atoms with Gasteiger partial charge in [0.2, 0.25) is 0 Å². The fraction of sp³-hybridized carbons (Fsp3) is 0.647. The van der Waals surface area contributed by atoms with Crippen LogP contribution in [0.2, 0.25) is 0 Å². The largest absolute Gasteiger partial charge is 0.465 e. The molecule has 0 saturated carbocycles. The minimum Gasteiger partial charge on any atom is -0.465 e. The van der Waals surface area contributed by atoms with Crippen LogP contribution in [-0.4, -0.2) is 56.4 Å². The van der Waals surface area contributed by atoms with E-state index in [1.807, 2.05) is 0 Å². The second-order valence-electron chi connectivity index (χ2n) is 7.06. The van der Waals surface area contributed by atoms with E-state index in [2.05, 4.69) is 29.7 Å². The van der Waals surface area contributed by atoms with Gasteiger partial charge in [-0.1, -0.05) is 6.92 Å². The van der Waals surface area contributed by atoms with Gasteiger partial charge < -0.3 is 15.0 Å². The predicted octanol–water partition coefficient (Wildman–Crippen LogP) is 0.691. The van der Waals surface area contributed by atoms with Gasteiger partial charge in [0, 0.05) is 4.88 Å². The molecule has 3 rings (SSSR count). The first-order chi connectivity index (χ1) is 12.0. The van der Waals surface area contributed by atoms with Crippen LogP contribution in [0.3, 0.4) is 0 Å². The number of likely N-dealkylation sites (N-methyl/N-ethyl adjacent to an activating group) is 1. The number of hydrazine groups is 1. The van der Waals surface area contributed by atoms with Crippen molar-refractivity contribution in [3.63, 3.8) is 0 Å². The highest BCUT2D eigenvalue weighted by Crippen LogP contribution is 2.39. The van der Waals surface area contributed by atoms with Gasteiger partial charge in [0.15, 0.2) is 5.11 Å². The number of anilines is 1. The van der Waals surface area contributed by atoms with Crippen molar-refractivity contribution in [2.75, 3.05) is 45.7 Å². The lowest BCUT2D eigenvalue weighted by atomic mass is 9.88. The van der Waals surface area contributed by atoms with E-state index in [9.17, 15) is 4.79 Å². The molecule has 25 heavy (non-hydrogen) atoms. The SMILES string of the molecule is COC(=O)c1c(NC(=S)NN2CC[NH+](C)CC2)sc2c1CC[C@H](C)C2. The van der Waals surface area contributed by atoms with Gasteiger partial charge in [0.1, 0.15) is 5.00 Å². The summed E-state index contributed by atoms with van der Waals surface area (Å²) in [5.74, 6) is 0.378. The van der Waals surface area contributed by atoms with Crippen molar-refractivity contribution in [1.82, 2.24) is 10.4 Å². The maximum atomic E-state index is 12.3. The van der Waals surface area contributed by atoms with Gasteiger partial charge in [-0.2, -0.15) is 0 Å². The lowest BCUT2D eigenvalue weighted by molar-refractivity contribution is -0.884. The van der Waals surface area contributed by atoms with Crippen LogP contribution in [0.1, 0.15) is 34.1 Å². The standard InChI is InChI=1S/C17H26N4O2S2/c1-11-4-5-12-13(10-11)25-15(14(12)16(22)23-3)18-17(24)19-21-8-6-20(2)7-9-21/h11H,4-10H2,1-3H3,(H2,18,19,24)/p+1/t11-/m0/s1. The number of carbonyl (C=O) groups excluding carboxylic acids is 1. The third-order valence-corrected chi connectivity index (χ3v) is 6.37. The molecule has 1 fully saturated rings. The lowest BCUT2D eigenvalue weighted by Gasteiger charge is -2.30. The molecule has 3 N–H and O–H groups in total. The molecule has 1 aromatic heterocycles. The van der Waals surface area contributed by atoms with Crippen LogP contribution in [0.25, 0.3) is 0 Å². The molecule has 0 bridgehead atoms. The Labute approximate surface area is 158 Å². The Morgan fingerprint density at radius 1 is 1.40 bits per heavy atom. The van der Waals surface area contributed by atoms with Crippen LogP contribution in [0.4, 0.5) is 5.00 Å². The summed E-state index contributed by atoms with van der Waals surface area (Å²) in [6.45, 7) is 6.35. The summed E-state index contributed by atoms with van der Waals surface area (Å²) >= 11 is 7.11. The summed E-state index contributed by atoms with van der Waals surface area (Å²) in [5.41, 5.74) is 5.07. The maximum absolute atomic E-state index is 12.3. The molecule has 0 aromatic carbocycles. The van der Waals surface area contributed by atoms with Gasteiger partial charge in [0.05, 0.1) is 45.9 Å². The number of thiocarbonyl (C=S) groups is 1. The van der Waals surface area contributed by atoms with Crippen molar-refractivity contribution in [3.8, 4) is 0 Å². The lowest BCUT2D eigenvalue weighted by Crippen LogP contribution is -3.12. The van der Waals surface area contributed by atoms with Crippen molar-refractivity contribution < 1.29 is 14.4 Å². The molecule has 0 spiro atoms. The average Bonchev–Trinajstić information content (AvgIpc) is 2.92. The van der Waals surface area contributed by atoms with Gasteiger partial charge in [-0.05, 0) is 43.0 Å². The quantitative estimate of drug-likeness (QED) is 0.528. The Kier molecular flexibility index (Phi) is 5.93. The number of hydrogen-bond acceptors (Lipinski definition) is 5. The zero-order valence-electron chi connectivity index (χ0n) is 15.1. The molecule has 0 radical (unpaired) electrons. The summed E-state index contributed by atoms with van der Waals surface area (Å²) < 4.78 is 5.02. The highest BCUT2D eigenvalue weighted by Gasteiger charge is 2.28. The number of piperazine rings is 1. The minimum absolute atomic E-state index is 0.277. The highest BCUT2D eigenvalue weighted by molar-refractivity contribution is 7.80. The molecule has 1 saturated heterocycles. The van der Waals surface area contributed by atoms with E-state index < -0.39 is 0 Å². The number of carbonyl (C=O) groups is 1. The van der Waals surface area contributed by atoms with Gasteiger partial charge in [0.25, 0.3) is 0 Å². The Morgan fingerprint density at radius 2 is 2.12 bits per heavy atom. The summed E-state index contributed by atoms with van der Waals surface area (Å²) in [6, 6.07) is 0. The van der Waals surface area contributed by atoms with Crippen LogP contribution < -0.4 is 15.6 Å². The maximum Gasteiger partial charge on any atom is 0.341 e. The van der Waals surface area contributed by atoms with Crippen LogP contribution in [0, 0.1) is 5.92 Å². The zero-order valence-corrected chi connectivity index (χ0v) is 16.7. The number of nitrogens with one attached hydrogen (secondary N) is 3. The molecular weight excluding hydrogens is 356 g/mol. The number of ether oxygens (including phenoxy) is 1. The summed E-state index contributed by atoms with van der Waals surface area (Å²) in [6.07, 6.45) is 3.06. The number of hydrogen-bond donors (Lipinski definition) is 3. The summed E-state index contributed by atoms with van der Waals surface area (Å²) in [5, 5.41) is 6.73. The minimum atomic E-state index is -0.277. The molecule has 1 aromatic rings. The fourth-order valence-electron chi connectivity index (χ4n) is 3.43. The third kappa shape index (κ3) is 4.31. The van der Waals surface area contributed by atoms with Crippen LogP contribution in [-0.2, 0) is 17.6 Å². The van der Waals surface area contributed by atoms with E-state index in [0.717, 1.165) is 56.0 Å². The van der Waals surface area contributed by atoms with Gasteiger partial charge in [-0.25, -0.2) is 9.80 Å². The Bertz CT molecular complexity index is 653. The molecule has 2 heterocycles. The average molecular weight is 384 g/mol. The van der Waals surface area contributed by atoms with E-state index in [0.29, 0.717) is 16.6 Å². The smallest absolute Gasteiger partial charge is 0.341 e. The molecule has 138 valence electrons. The summed E-state index contributed by atoms with van der Waals surface area (Å²) in [4.78, 5) is 15.1. The first-order valence-corrected chi connectivity index (χ1v) is 10.1.